The van der Waals surface area contributed by atoms with Crippen molar-refractivity contribution >= 4 is 11.8 Å². The fourth-order valence-corrected chi connectivity index (χ4v) is 1.91. The largest absolute Gasteiger partial charge is 0.462 e. The van der Waals surface area contributed by atoms with Crippen molar-refractivity contribution in [1.29, 1.82) is 0 Å². The number of rotatable bonds is 4. The quantitative estimate of drug-likeness (QED) is 0.630. The Morgan fingerprint density at radius 2 is 1.85 bits per heavy atom. The van der Waals surface area contributed by atoms with Gasteiger partial charge >= 0.3 is 5.97 Å². The van der Waals surface area contributed by atoms with Crippen LogP contribution in [0, 0.1) is 6.92 Å². The Morgan fingerprint density at radius 1 is 1.20 bits per heavy atom. The van der Waals surface area contributed by atoms with Gasteiger partial charge in [0, 0.05) is 11.1 Å². The molecular weight excluding hydrogens is 256 g/mol. The number of benzene rings is 1. The second-order valence-corrected chi connectivity index (χ2v) is 4.43. The maximum absolute atomic E-state index is 11.7. The lowest BCUT2D eigenvalue weighted by Crippen LogP contribution is -2.04. The van der Waals surface area contributed by atoms with E-state index in [1.165, 1.54) is 6.92 Å². The molecule has 0 N–H and O–H groups in total. The standard InChI is InChI=1S/C16H16O4/c1-4-19-16(18)14-9-15(20-11(14)3)13-7-5-12(6-8-13)10(2)17/h5-9H,4H2,1-3H3. The minimum atomic E-state index is -0.389. The van der Waals surface area contributed by atoms with Gasteiger partial charge in [0.25, 0.3) is 0 Å². The molecule has 0 aliphatic carbocycles. The number of ether oxygens (including phenoxy) is 1. The number of hydrogen-bond donors (Lipinski definition) is 0. The van der Waals surface area contributed by atoms with Crippen LogP contribution in [0.4, 0.5) is 0 Å². The van der Waals surface area contributed by atoms with Gasteiger partial charge in [-0.2, -0.15) is 0 Å². The lowest BCUT2D eigenvalue weighted by molar-refractivity contribution is 0.0524. The van der Waals surface area contributed by atoms with Gasteiger partial charge < -0.3 is 9.15 Å². The first-order chi connectivity index (χ1) is 9.52. The molecule has 0 saturated heterocycles. The molecule has 0 amide bonds. The summed E-state index contributed by atoms with van der Waals surface area (Å²) in [5.74, 6) is 0.731. The summed E-state index contributed by atoms with van der Waals surface area (Å²) in [5.41, 5.74) is 1.88. The van der Waals surface area contributed by atoms with E-state index in [9.17, 15) is 9.59 Å². The molecule has 1 heterocycles. The molecule has 0 unspecified atom stereocenters. The van der Waals surface area contributed by atoms with Crippen molar-refractivity contribution in [3.63, 3.8) is 0 Å². The van der Waals surface area contributed by atoms with Gasteiger partial charge in [-0.1, -0.05) is 24.3 Å². The second kappa shape index (κ2) is 5.74. The normalized spacial score (nSPS) is 10.3. The summed E-state index contributed by atoms with van der Waals surface area (Å²) in [6.45, 7) is 5.32. The van der Waals surface area contributed by atoms with Crippen molar-refractivity contribution in [2.45, 2.75) is 20.8 Å². The van der Waals surface area contributed by atoms with Crippen LogP contribution in [-0.2, 0) is 4.74 Å². The Kier molecular flexibility index (Phi) is 4.03. The number of aryl methyl sites for hydroxylation is 1. The number of hydrogen-bond acceptors (Lipinski definition) is 4. The molecule has 0 aliphatic heterocycles. The van der Waals surface area contributed by atoms with E-state index >= 15 is 0 Å². The molecular formula is C16H16O4. The van der Waals surface area contributed by atoms with Crippen molar-refractivity contribution in [1.82, 2.24) is 0 Å². The van der Waals surface area contributed by atoms with Gasteiger partial charge in [-0.05, 0) is 26.8 Å². The Morgan fingerprint density at radius 3 is 2.40 bits per heavy atom. The van der Waals surface area contributed by atoms with E-state index in [1.54, 1.807) is 44.2 Å². The molecule has 1 aromatic carbocycles. The maximum atomic E-state index is 11.7. The highest BCUT2D eigenvalue weighted by atomic mass is 16.5. The fourth-order valence-electron chi connectivity index (χ4n) is 1.91. The van der Waals surface area contributed by atoms with Crippen LogP contribution < -0.4 is 0 Å². The Bertz CT molecular complexity index is 635. The van der Waals surface area contributed by atoms with Crippen LogP contribution in [0.1, 0.15) is 40.3 Å². The highest BCUT2D eigenvalue weighted by molar-refractivity contribution is 5.95. The van der Waals surface area contributed by atoms with Crippen molar-refractivity contribution in [2.24, 2.45) is 0 Å². The van der Waals surface area contributed by atoms with Crippen LogP contribution in [-0.4, -0.2) is 18.4 Å². The lowest BCUT2D eigenvalue weighted by atomic mass is 10.1. The predicted octanol–water partition coefficient (Wildman–Crippen LogP) is 3.63. The van der Waals surface area contributed by atoms with Crippen molar-refractivity contribution in [3.05, 3.63) is 47.2 Å². The molecule has 4 nitrogen and oxygen atoms in total. The monoisotopic (exact) mass is 272 g/mol. The van der Waals surface area contributed by atoms with Crippen LogP contribution in [0.25, 0.3) is 11.3 Å². The molecule has 0 atom stereocenters. The number of carbonyl (C=O) groups is 2. The topological polar surface area (TPSA) is 56.5 Å². The van der Waals surface area contributed by atoms with E-state index in [4.69, 9.17) is 9.15 Å². The van der Waals surface area contributed by atoms with Gasteiger partial charge in [0.2, 0.25) is 0 Å². The number of Topliss-reactive ketones (excluding diaryl/α,β-unsaturated/α-hetero) is 1. The highest BCUT2D eigenvalue weighted by Gasteiger charge is 2.16. The molecule has 104 valence electrons. The Labute approximate surface area is 117 Å². The van der Waals surface area contributed by atoms with Crippen molar-refractivity contribution in [3.8, 4) is 11.3 Å². The summed E-state index contributed by atoms with van der Waals surface area (Å²) in [6, 6.07) is 8.73. The zero-order valence-electron chi connectivity index (χ0n) is 11.7. The SMILES string of the molecule is CCOC(=O)c1cc(-c2ccc(C(C)=O)cc2)oc1C. The van der Waals surface area contributed by atoms with Crippen LogP contribution in [0.5, 0.6) is 0 Å². The molecule has 0 fully saturated rings. The van der Waals surface area contributed by atoms with Gasteiger partial charge in [0.15, 0.2) is 5.78 Å². The summed E-state index contributed by atoms with van der Waals surface area (Å²) in [7, 11) is 0. The zero-order valence-corrected chi connectivity index (χ0v) is 11.7. The maximum Gasteiger partial charge on any atom is 0.341 e. The highest BCUT2D eigenvalue weighted by Crippen LogP contribution is 2.26. The average Bonchev–Trinajstić information content (AvgIpc) is 2.81. The molecule has 0 radical (unpaired) electrons. The second-order valence-electron chi connectivity index (χ2n) is 4.43. The summed E-state index contributed by atoms with van der Waals surface area (Å²) < 4.78 is 10.5. The Hall–Kier alpha value is -2.36. The Balaban J connectivity index is 2.32. The van der Waals surface area contributed by atoms with Crippen LogP contribution in [0.2, 0.25) is 0 Å². The van der Waals surface area contributed by atoms with Gasteiger partial charge in [-0.15, -0.1) is 0 Å². The fraction of sp³-hybridized carbons (Fsp3) is 0.250. The minimum absolute atomic E-state index is 0.0133. The summed E-state index contributed by atoms with van der Waals surface area (Å²) in [5, 5.41) is 0. The van der Waals surface area contributed by atoms with E-state index < -0.39 is 0 Å². The van der Waals surface area contributed by atoms with Gasteiger partial charge in [-0.3, -0.25) is 4.79 Å². The van der Waals surface area contributed by atoms with Gasteiger partial charge in [0.05, 0.1) is 6.61 Å². The zero-order chi connectivity index (χ0) is 14.7. The third kappa shape index (κ3) is 2.79. The number of carbonyl (C=O) groups excluding carboxylic acids is 2. The molecule has 2 aromatic rings. The molecule has 4 heteroatoms. The smallest absolute Gasteiger partial charge is 0.341 e. The van der Waals surface area contributed by atoms with E-state index in [1.807, 2.05) is 0 Å². The number of esters is 1. The third-order valence-electron chi connectivity index (χ3n) is 2.99. The van der Waals surface area contributed by atoms with E-state index in [0.29, 0.717) is 29.3 Å². The first kappa shape index (κ1) is 14.1. The van der Waals surface area contributed by atoms with E-state index in [-0.39, 0.29) is 11.8 Å². The molecule has 20 heavy (non-hydrogen) atoms. The summed E-state index contributed by atoms with van der Waals surface area (Å²) in [6.07, 6.45) is 0. The number of furan rings is 1. The predicted molar refractivity (Wildman–Crippen MR) is 74.8 cm³/mol. The van der Waals surface area contributed by atoms with Crippen molar-refractivity contribution < 1.29 is 18.7 Å². The molecule has 2 rings (SSSR count). The first-order valence-electron chi connectivity index (χ1n) is 6.42. The molecule has 0 saturated carbocycles. The molecule has 0 aliphatic rings. The van der Waals surface area contributed by atoms with Crippen LogP contribution >= 0.6 is 0 Å². The minimum Gasteiger partial charge on any atom is -0.462 e. The average molecular weight is 272 g/mol. The van der Waals surface area contributed by atoms with Crippen LogP contribution in [0.3, 0.4) is 0 Å². The van der Waals surface area contributed by atoms with E-state index in [2.05, 4.69) is 0 Å². The lowest BCUT2D eigenvalue weighted by Gasteiger charge is -1.98. The first-order valence-corrected chi connectivity index (χ1v) is 6.42. The van der Waals surface area contributed by atoms with Gasteiger partial charge in [0.1, 0.15) is 17.1 Å². The molecule has 0 spiro atoms. The summed E-state index contributed by atoms with van der Waals surface area (Å²) in [4.78, 5) is 23.0. The molecule has 0 bridgehead atoms. The van der Waals surface area contributed by atoms with Crippen molar-refractivity contribution in [2.75, 3.05) is 6.61 Å². The third-order valence-corrected chi connectivity index (χ3v) is 2.99. The number of ketones is 1. The summed E-state index contributed by atoms with van der Waals surface area (Å²) >= 11 is 0. The van der Waals surface area contributed by atoms with Gasteiger partial charge in [-0.25, -0.2) is 4.79 Å². The van der Waals surface area contributed by atoms with Crippen LogP contribution in [0.15, 0.2) is 34.7 Å². The van der Waals surface area contributed by atoms with E-state index in [0.717, 1.165) is 5.56 Å². The molecule has 1 aromatic heterocycles.